The van der Waals surface area contributed by atoms with E-state index in [-0.39, 0.29) is 13.0 Å². The Kier molecular flexibility index (Phi) is 1.67. The fourth-order valence-corrected chi connectivity index (χ4v) is 1.73. The van der Waals surface area contributed by atoms with Crippen LogP contribution in [0.1, 0.15) is 20.2 Å². The molecule has 1 heterocycles. The predicted octanol–water partition coefficient (Wildman–Crippen LogP) is 1.20. The second kappa shape index (κ2) is 3.88. The molecule has 1 N–H and O–H groups in total. The maximum absolute atomic E-state index is 12.9. The van der Waals surface area contributed by atoms with Crippen molar-refractivity contribution in [2.75, 3.05) is 26.6 Å². The van der Waals surface area contributed by atoms with Crippen LogP contribution in [0, 0.1) is 11.3 Å². The van der Waals surface area contributed by atoms with Crippen LogP contribution in [-0.4, -0.2) is 43.1 Å². The zero-order valence-corrected chi connectivity index (χ0v) is 7.43. The Hall–Kier alpha value is -0.220. The minimum Gasteiger partial charge on any atom is -0.396 e. The average Bonchev–Trinajstić information content (AvgIpc) is 2.13. The van der Waals surface area contributed by atoms with Gasteiger partial charge in [0.1, 0.15) is 0 Å². The molecule has 0 aromatic carbocycles. The van der Waals surface area contributed by atoms with Crippen LogP contribution in [0.2, 0.25) is 0 Å². The van der Waals surface area contributed by atoms with Gasteiger partial charge in [0.05, 0.1) is 9.30 Å². The minimum absolute atomic E-state index is 0.0584. The number of hydrogen-bond donors (Lipinski definition) is 1. The van der Waals surface area contributed by atoms with Crippen LogP contribution in [-0.2, 0) is 0 Å². The highest BCUT2D eigenvalue weighted by molar-refractivity contribution is 4.90. The van der Waals surface area contributed by atoms with Gasteiger partial charge in [-0.3, -0.25) is 0 Å². The van der Waals surface area contributed by atoms with Gasteiger partial charge in [-0.1, -0.05) is 6.92 Å². The zero-order chi connectivity index (χ0) is 14.4. The second-order valence-electron chi connectivity index (χ2n) is 3.68. The Balaban J connectivity index is 3.05. The summed E-state index contributed by atoms with van der Waals surface area (Å²) in [4.78, 5) is 0.958. The molecule has 1 aliphatic rings. The van der Waals surface area contributed by atoms with Gasteiger partial charge >= 0.3 is 0 Å². The van der Waals surface area contributed by atoms with Gasteiger partial charge in [-0.2, -0.15) is 0 Å². The molecule has 0 radical (unpaired) electrons. The number of piperidine rings is 1. The quantitative estimate of drug-likeness (QED) is 0.720. The third kappa shape index (κ3) is 2.17. The van der Waals surface area contributed by atoms with E-state index >= 15 is 0 Å². The summed E-state index contributed by atoms with van der Waals surface area (Å²) >= 11 is 0. The number of hydrogen-bond acceptors (Lipinski definition) is 2. The molecule has 2 atom stereocenters. The molecule has 1 rings (SSSR count). The van der Waals surface area contributed by atoms with E-state index in [1.54, 1.807) is 0 Å². The third-order valence-electron chi connectivity index (χ3n) is 2.61. The van der Waals surface area contributed by atoms with E-state index in [0.29, 0.717) is 0 Å². The van der Waals surface area contributed by atoms with Crippen molar-refractivity contribution in [2.24, 2.45) is 11.3 Å². The molecular formula is C9H17F2NO. The first-order valence-electron chi connectivity index (χ1n) is 6.65. The molecule has 0 aliphatic carbocycles. The Labute approximate surface area is 84.6 Å². The summed E-state index contributed by atoms with van der Waals surface area (Å²) in [6.45, 7) is -4.65. The first kappa shape index (κ1) is 5.61. The highest BCUT2D eigenvalue weighted by atomic mass is 19.3. The molecule has 1 saturated heterocycles. The standard InChI is InChI=1S/C9H17F2NO/c1-9(6-13)5-12(2)4-3-7(9)8(10)11/h7-8,13H,3-6H2,1-2H3/t7-,9+/m1/s1/i2D3,6D2. The molecule has 13 heavy (non-hydrogen) atoms. The molecule has 0 amide bonds. The van der Waals surface area contributed by atoms with Crippen LogP contribution in [0.5, 0.6) is 0 Å². The van der Waals surface area contributed by atoms with E-state index in [1.807, 2.05) is 0 Å². The summed E-state index contributed by atoms with van der Waals surface area (Å²) in [6.07, 6.45) is -2.96. The van der Waals surface area contributed by atoms with E-state index < -0.39 is 37.8 Å². The lowest BCUT2D eigenvalue weighted by Crippen LogP contribution is -2.50. The molecule has 4 heteroatoms. The molecule has 0 aromatic rings. The van der Waals surface area contributed by atoms with Crippen molar-refractivity contribution in [3.8, 4) is 0 Å². The summed E-state index contributed by atoms with van der Waals surface area (Å²) in [6, 6.07) is 0. The lowest BCUT2D eigenvalue weighted by atomic mass is 9.73. The maximum Gasteiger partial charge on any atom is 0.242 e. The molecule has 1 fully saturated rings. The summed E-state index contributed by atoms with van der Waals surface area (Å²) < 4.78 is 62.3. The number of halogens is 2. The van der Waals surface area contributed by atoms with Crippen LogP contribution < -0.4 is 0 Å². The van der Waals surface area contributed by atoms with Crippen molar-refractivity contribution in [1.29, 1.82) is 0 Å². The van der Waals surface area contributed by atoms with Gasteiger partial charge < -0.3 is 10.0 Å². The highest BCUT2D eigenvalue weighted by Crippen LogP contribution is 2.38. The van der Waals surface area contributed by atoms with Crippen molar-refractivity contribution < 1.29 is 20.7 Å². The maximum atomic E-state index is 12.9. The van der Waals surface area contributed by atoms with Gasteiger partial charge in [0.25, 0.3) is 0 Å². The fraction of sp³-hybridized carbons (Fsp3) is 1.00. The van der Waals surface area contributed by atoms with Crippen LogP contribution in [0.4, 0.5) is 8.78 Å². The largest absolute Gasteiger partial charge is 0.396 e. The molecule has 2 nitrogen and oxygen atoms in total. The molecule has 78 valence electrons. The van der Waals surface area contributed by atoms with Gasteiger partial charge in [-0.25, -0.2) is 8.78 Å². The van der Waals surface area contributed by atoms with Crippen molar-refractivity contribution in [3.05, 3.63) is 0 Å². The SMILES string of the molecule is [2H]C([2H])([2H])N1CC[C@H](C(F)F)[C@](C)(C([2H])([2H])O)C1. The topological polar surface area (TPSA) is 23.5 Å². The number of aliphatic hydroxyl groups is 1. The molecule has 0 saturated carbocycles. The van der Waals surface area contributed by atoms with Gasteiger partial charge in [-0.05, 0) is 19.9 Å². The molecule has 1 aliphatic heterocycles. The number of likely N-dealkylation sites (tertiary alicyclic amines) is 1. The van der Waals surface area contributed by atoms with Crippen molar-refractivity contribution >= 4 is 0 Å². The molecule has 0 spiro atoms. The van der Waals surface area contributed by atoms with Gasteiger partial charge in [0.15, 0.2) is 0 Å². The fourth-order valence-electron chi connectivity index (χ4n) is 1.73. The van der Waals surface area contributed by atoms with E-state index in [1.165, 1.54) is 6.92 Å². The van der Waals surface area contributed by atoms with Crippen molar-refractivity contribution in [1.82, 2.24) is 4.90 Å². The molecule has 0 bridgehead atoms. The molecule has 0 aromatic heterocycles. The number of nitrogens with zero attached hydrogens (tertiary/aromatic N) is 1. The van der Waals surface area contributed by atoms with Crippen LogP contribution in [0.25, 0.3) is 0 Å². The second-order valence-corrected chi connectivity index (χ2v) is 3.68. The lowest BCUT2D eigenvalue weighted by Gasteiger charge is -2.43. The zero-order valence-electron chi connectivity index (χ0n) is 12.4. The first-order valence-corrected chi connectivity index (χ1v) is 4.15. The van der Waals surface area contributed by atoms with E-state index in [9.17, 15) is 13.9 Å². The Bertz CT molecular complexity index is 306. The Morgan fingerprint density at radius 1 is 1.85 bits per heavy atom. The highest BCUT2D eigenvalue weighted by Gasteiger charge is 2.42. The first-order chi connectivity index (χ1) is 7.89. The summed E-state index contributed by atoms with van der Waals surface area (Å²) in [5.74, 6) is -1.36. The molecular weight excluding hydrogens is 176 g/mol. The monoisotopic (exact) mass is 198 g/mol. The normalized spacial score (nSPS) is 44.7. The summed E-state index contributed by atoms with van der Waals surface area (Å²) in [7, 11) is 0. The van der Waals surface area contributed by atoms with Gasteiger partial charge in [-0.15, -0.1) is 0 Å². The van der Waals surface area contributed by atoms with E-state index in [2.05, 4.69) is 0 Å². The van der Waals surface area contributed by atoms with Crippen molar-refractivity contribution in [3.63, 3.8) is 0 Å². The number of alkyl halides is 2. The smallest absolute Gasteiger partial charge is 0.242 e. The van der Waals surface area contributed by atoms with Gasteiger partial charge in [0, 0.05) is 22.0 Å². The summed E-state index contributed by atoms with van der Waals surface area (Å²) in [5.41, 5.74) is -1.81. The van der Waals surface area contributed by atoms with E-state index in [4.69, 9.17) is 6.85 Å². The Morgan fingerprint density at radius 3 is 3.00 bits per heavy atom. The van der Waals surface area contributed by atoms with Crippen LogP contribution in [0.15, 0.2) is 0 Å². The van der Waals surface area contributed by atoms with Crippen LogP contribution >= 0.6 is 0 Å². The third-order valence-corrected chi connectivity index (χ3v) is 2.61. The van der Waals surface area contributed by atoms with Gasteiger partial charge in [0.2, 0.25) is 6.43 Å². The van der Waals surface area contributed by atoms with Crippen molar-refractivity contribution in [2.45, 2.75) is 19.8 Å². The van der Waals surface area contributed by atoms with E-state index in [0.717, 1.165) is 4.90 Å². The lowest BCUT2D eigenvalue weighted by molar-refractivity contribution is -0.0715. The minimum atomic E-state index is -2.86. The number of rotatable bonds is 2. The molecule has 0 unspecified atom stereocenters. The summed E-state index contributed by atoms with van der Waals surface area (Å²) in [5, 5.41) is 9.49. The average molecular weight is 198 g/mol. The van der Waals surface area contributed by atoms with Crippen LogP contribution in [0.3, 0.4) is 0 Å². The predicted molar refractivity (Wildman–Crippen MR) is 46.8 cm³/mol. The Morgan fingerprint density at radius 2 is 2.54 bits per heavy atom.